The molecule has 0 spiro atoms. The predicted molar refractivity (Wildman–Crippen MR) is 56.5 cm³/mol. The van der Waals surface area contributed by atoms with Gasteiger partial charge < -0.3 is 4.74 Å². The van der Waals surface area contributed by atoms with E-state index in [1.165, 1.54) is 13.2 Å². The Morgan fingerprint density at radius 2 is 2.36 bits per heavy atom. The number of carbonyl (C=O) groups is 1. The lowest BCUT2D eigenvalue weighted by Crippen LogP contribution is -2.02. The van der Waals surface area contributed by atoms with Crippen LogP contribution >= 0.6 is 15.9 Å². The smallest absolute Gasteiger partial charge is 0.173 e. The first kappa shape index (κ1) is 11.0. The molecular formula is C9H10BrNO3. The Balaban J connectivity index is 3.07. The van der Waals surface area contributed by atoms with E-state index in [2.05, 4.69) is 15.9 Å². The van der Waals surface area contributed by atoms with Gasteiger partial charge in [0.2, 0.25) is 0 Å². The molecule has 0 aromatic heterocycles. The molecule has 0 radical (unpaired) electrons. The number of hydrogen-bond acceptors (Lipinski definition) is 4. The number of nitrogens with one attached hydrogen (secondary N) is 1. The molecule has 0 saturated carbocycles. The third kappa shape index (κ3) is 2.24. The number of methoxy groups -OCH3 is 1. The molecule has 0 unspecified atom stereocenters. The van der Waals surface area contributed by atoms with Gasteiger partial charge in [0.25, 0.3) is 0 Å². The van der Waals surface area contributed by atoms with E-state index in [4.69, 9.17) is 9.94 Å². The van der Waals surface area contributed by atoms with Gasteiger partial charge in [-0.25, -0.2) is 0 Å². The first-order valence-corrected chi connectivity index (χ1v) is 5.02. The number of ether oxygens (including phenoxy) is 1. The van der Waals surface area contributed by atoms with Crippen molar-refractivity contribution in [1.82, 2.24) is 0 Å². The number of carbonyl (C=O) groups excluding carboxylic acids is 1. The molecule has 0 aliphatic carbocycles. The number of alkyl halides is 1. The maximum Gasteiger partial charge on any atom is 0.173 e. The molecule has 1 rings (SSSR count). The quantitative estimate of drug-likeness (QED) is 0.494. The van der Waals surface area contributed by atoms with Crippen molar-refractivity contribution in [1.29, 1.82) is 0 Å². The zero-order valence-corrected chi connectivity index (χ0v) is 9.17. The number of halogens is 1. The normalized spacial score (nSPS) is 9.64. The van der Waals surface area contributed by atoms with Crippen LogP contribution in [0, 0.1) is 0 Å². The van der Waals surface area contributed by atoms with E-state index in [0.29, 0.717) is 17.0 Å². The van der Waals surface area contributed by atoms with Crippen molar-refractivity contribution in [3.05, 3.63) is 23.8 Å². The number of benzene rings is 1. The summed E-state index contributed by atoms with van der Waals surface area (Å²) in [6.07, 6.45) is 0. The van der Waals surface area contributed by atoms with Gasteiger partial charge in [0.1, 0.15) is 11.4 Å². The maximum absolute atomic E-state index is 11.3. The SMILES string of the molecule is COc1ccc(C(=O)CBr)cc1NO. The van der Waals surface area contributed by atoms with Gasteiger partial charge in [0.15, 0.2) is 5.78 Å². The summed E-state index contributed by atoms with van der Waals surface area (Å²) in [6, 6.07) is 4.79. The maximum atomic E-state index is 11.3. The van der Waals surface area contributed by atoms with Gasteiger partial charge in [-0.1, -0.05) is 15.9 Å². The first-order valence-electron chi connectivity index (χ1n) is 3.90. The molecule has 0 heterocycles. The molecular weight excluding hydrogens is 250 g/mol. The molecule has 2 N–H and O–H groups in total. The molecule has 4 nitrogen and oxygen atoms in total. The van der Waals surface area contributed by atoms with Crippen LogP contribution in [0.15, 0.2) is 18.2 Å². The van der Waals surface area contributed by atoms with Crippen LogP contribution in [0.2, 0.25) is 0 Å². The van der Waals surface area contributed by atoms with Gasteiger partial charge in [-0.2, -0.15) is 0 Å². The van der Waals surface area contributed by atoms with Crippen LogP contribution in [0.4, 0.5) is 5.69 Å². The van der Waals surface area contributed by atoms with Crippen LogP contribution in [0.25, 0.3) is 0 Å². The Morgan fingerprint density at radius 3 is 2.86 bits per heavy atom. The van der Waals surface area contributed by atoms with Gasteiger partial charge in [-0.05, 0) is 18.2 Å². The van der Waals surface area contributed by atoms with Crippen molar-refractivity contribution in [2.24, 2.45) is 0 Å². The van der Waals surface area contributed by atoms with Crippen molar-refractivity contribution < 1.29 is 14.7 Å². The van der Waals surface area contributed by atoms with Gasteiger partial charge in [-0.15, -0.1) is 0 Å². The molecule has 0 bridgehead atoms. The Hall–Kier alpha value is -1.07. The lowest BCUT2D eigenvalue weighted by molar-refractivity contribution is 0.102. The van der Waals surface area contributed by atoms with Crippen molar-refractivity contribution >= 4 is 27.4 Å². The van der Waals surface area contributed by atoms with Crippen LogP contribution in [-0.4, -0.2) is 23.4 Å². The Morgan fingerprint density at radius 1 is 1.64 bits per heavy atom. The molecule has 1 aromatic carbocycles. The van der Waals surface area contributed by atoms with E-state index in [1.54, 1.807) is 12.1 Å². The van der Waals surface area contributed by atoms with E-state index in [-0.39, 0.29) is 11.1 Å². The molecule has 0 fully saturated rings. The summed E-state index contributed by atoms with van der Waals surface area (Å²) in [6.45, 7) is 0. The van der Waals surface area contributed by atoms with E-state index in [0.717, 1.165) is 0 Å². The number of rotatable bonds is 4. The average molecular weight is 260 g/mol. The van der Waals surface area contributed by atoms with Crippen molar-refractivity contribution in [3.63, 3.8) is 0 Å². The molecule has 76 valence electrons. The highest BCUT2D eigenvalue weighted by Gasteiger charge is 2.08. The minimum absolute atomic E-state index is 0.0517. The van der Waals surface area contributed by atoms with Crippen LogP contribution in [0.3, 0.4) is 0 Å². The number of anilines is 1. The predicted octanol–water partition coefficient (Wildman–Crippen LogP) is 2.07. The van der Waals surface area contributed by atoms with E-state index in [9.17, 15) is 4.79 Å². The molecule has 0 aliphatic heterocycles. The lowest BCUT2D eigenvalue weighted by atomic mass is 10.1. The third-order valence-corrected chi connectivity index (χ3v) is 2.27. The Bertz CT molecular complexity index is 341. The Labute approximate surface area is 90.0 Å². The highest BCUT2D eigenvalue weighted by atomic mass is 79.9. The third-order valence-electron chi connectivity index (χ3n) is 1.76. The molecule has 14 heavy (non-hydrogen) atoms. The fraction of sp³-hybridized carbons (Fsp3) is 0.222. The zero-order chi connectivity index (χ0) is 10.6. The van der Waals surface area contributed by atoms with Crippen LogP contribution < -0.4 is 10.2 Å². The van der Waals surface area contributed by atoms with Crippen molar-refractivity contribution in [3.8, 4) is 5.75 Å². The molecule has 0 aliphatic rings. The lowest BCUT2D eigenvalue weighted by Gasteiger charge is -2.07. The van der Waals surface area contributed by atoms with Crippen molar-refractivity contribution in [2.75, 3.05) is 17.9 Å². The summed E-state index contributed by atoms with van der Waals surface area (Å²) in [5, 5.41) is 9.03. The molecule has 5 heteroatoms. The molecule has 1 aromatic rings. The second-order valence-corrected chi connectivity index (χ2v) is 3.14. The van der Waals surface area contributed by atoms with Crippen LogP contribution in [0.5, 0.6) is 5.75 Å². The van der Waals surface area contributed by atoms with Gasteiger partial charge in [0.05, 0.1) is 12.4 Å². The first-order chi connectivity index (χ1) is 6.72. The van der Waals surface area contributed by atoms with Gasteiger partial charge in [-0.3, -0.25) is 15.5 Å². The number of ketones is 1. The fourth-order valence-corrected chi connectivity index (χ4v) is 1.37. The van der Waals surface area contributed by atoms with E-state index >= 15 is 0 Å². The Kier molecular flexibility index (Phi) is 3.91. The minimum Gasteiger partial charge on any atom is -0.495 e. The highest BCUT2D eigenvalue weighted by Crippen LogP contribution is 2.25. The van der Waals surface area contributed by atoms with E-state index < -0.39 is 0 Å². The zero-order valence-electron chi connectivity index (χ0n) is 7.58. The molecule has 0 amide bonds. The van der Waals surface area contributed by atoms with Gasteiger partial charge >= 0.3 is 0 Å². The average Bonchev–Trinajstić information content (AvgIpc) is 2.26. The highest BCUT2D eigenvalue weighted by molar-refractivity contribution is 9.09. The summed E-state index contributed by atoms with van der Waals surface area (Å²) < 4.78 is 4.96. The second kappa shape index (κ2) is 4.97. The topological polar surface area (TPSA) is 58.6 Å². The van der Waals surface area contributed by atoms with Crippen LogP contribution in [-0.2, 0) is 0 Å². The summed E-state index contributed by atoms with van der Waals surface area (Å²) >= 11 is 3.07. The standard InChI is InChI=1S/C9H10BrNO3/c1-14-9-3-2-6(8(12)5-10)4-7(9)11-13/h2-4,11,13H,5H2,1H3. The largest absolute Gasteiger partial charge is 0.495 e. The number of Topliss-reactive ketones (excluding diaryl/α,β-unsaturated/α-hetero) is 1. The summed E-state index contributed by atoms with van der Waals surface area (Å²) in [7, 11) is 1.49. The minimum atomic E-state index is -0.0517. The van der Waals surface area contributed by atoms with Crippen molar-refractivity contribution in [2.45, 2.75) is 0 Å². The monoisotopic (exact) mass is 259 g/mol. The molecule has 0 saturated heterocycles. The van der Waals surface area contributed by atoms with Crippen LogP contribution in [0.1, 0.15) is 10.4 Å². The summed E-state index contributed by atoms with van der Waals surface area (Å²) in [5.74, 6) is 0.433. The molecule has 0 atom stereocenters. The number of hydrogen-bond donors (Lipinski definition) is 2. The summed E-state index contributed by atoms with van der Waals surface area (Å²) in [4.78, 5) is 11.3. The second-order valence-electron chi connectivity index (χ2n) is 2.58. The fourth-order valence-electron chi connectivity index (χ4n) is 1.05. The summed E-state index contributed by atoms with van der Waals surface area (Å²) in [5.41, 5.74) is 2.86. The van der Waals surface area contributed by atoms with Gasteiger partial charge in [0, 0.05) is 5.56 Å². The van der Waals surface area contributed by atoms with E-state index in [1.807, 2.05) is 5.48 Å².